The lowest BCUT2D eigenvalue weighted by Crippen LogP contribution is -2.52. The molecule has 2 aliphatic rings. The molecule has 2 aliphatic heterocycles. The van der Waals surface area contributed by atoms with Crippen molar-refractivity contribution in [1.29, 1.82) is 0 Å². The Balaban J connectivity index is 1.35. The van der Waals surface area contributed by atoms with E-state index in [0.29, 0.717) is 19.6 Å². The van der Waals surface area contributed by atoms with Gasteiger partial charge in [0.25, 0.3) is 0 Å². The first-order chi connectivity index (χ1) is 15.4. The molecule has 32 heavy (non-hydrogen) atoms. The van der Waals surface area contributed by atoms with E-state index in [2.05, 4.69) is 17.0 Å². The first-order valence-corrected chi connectivity index (χ1v) is 12.6. The topological polar surface area (TPSA) is 70.2 Å². The highest BCUT2D eigenvalue weighted by Gasteiger charge is 2.33. The minimum Gasteiger partial charge on any atom is -0.497 e. The Labute approximate surface area is 194 Å². The maximum absolute atomic E-state index is 13.0. The Hall–Kier alpha value is -2.13. The number of sulfonamides is 1. The van der Waals surface area contributed by atoms with Crippen LogP contribution in [0.4, 0.5) is 0 Å². The summed E-state index contributed by atoms with van der Waals surface area (Å²) in [6.45, 7) is 2.51. The first-order valence-electron chi connectivity index (χ1n) is 10.8. The number of likely N-dealkylation sites (tertiary alicyclic amines) is 1. The monoisotopic (exact) mass is 477 g/mol. The number of carbonyl (C=O) groups is 1. The van der Waals surface area contributed by atoms with Crippen molar-refractivity contribution >= 4 is 27.5 Å². The zero-order valence-corrected chi connectivity index (χ0v) is 19.7. The second-order valence-electron chi connectivity index (χ2n) is 8.12. The van der Waals surface area contributed by atoms with Crippen LogP contribution in [0, 0.1) is 0 Å². The molecule has 2 aromatic rings. The number of amides is 1. The number of methoxy groups -OCH3 is 1. The van der Waals surface area contributed by atoms with Crippen LogP contribution in [0.3, 0.4) is 0 Å². The van der Waals surface area contributed by atoms with Crippen molar-refractivity contribution < 1.29 is 17.9 Å². The van der Waals surface area contributed by atoms with Crippen LogP contribution < -0.4 is 4.74 Å². The molecule has 172 valence electrons. The summed E-state index contributed by atoms with van der Waals surface area (Å²) in [6.07, 6.45) is 2.07. The van der Waals surface area contributed by atoms with Gasteiger partial charge in [-0.1, -0.05) is 35.9 Å². The molecule has 1 unspecified atom stereocenters. The Bertz CT molecular complexity index is 1050. The van der Waals surface area contributed by atoms with Crippen molar-refractivity contribution in [2.24, 2.45) is 0 Å². The molecular formula is C23H28ClN3O4S. The van der Waals surface area contributed by atoms with Crippen LogP contribution in [0.15, 0.2) is 53.4 Å². The Kier molecular flexibility index (Phi) is 7.05. The number of ether oxygens (including phenoxy) is 1. The van der Waals surface area contributed by atoms with Crippen molar-refractivity contribution in [2.45, 2.75) is 23.8 Å². The molecule has 0 radical (unpaired) electrons. The van der Waals surface area contributed by atoms with Crippen LogP contribution in [-0.2, 0) is 14.8 Å². The lowest BCUT2D eigenvalue weighted by Gasteiger charge is -2.35. The molecule has 2 saturated heterocycles. The van der Waals surface area contributed by atoms with Gasteiger partial charge in [-0.2, -0.15) is 4.31 Å². The summed E-state index contributed by atoms with van der Waals surface area (Å²) < 4.78 is 32.5. The van der Waals surface area contributed by atoms with E-state index in [-0.39, 0.29) is 35.0 Å². The SMILES string of the molecule is COc1ccc(C2CCCN2CC(=O)N2CCN(S(=O)(=O)c3ccccc3Cl)CC2)cc1. The van der Waals surface area contributed by atoms with E-state index in [0.717, 1.165) is 25.1 Å². The van der Waals surface area contributed by atoms with E-state index in [1.165, 1.54) is 15.9 Å². The van der Waals surface area contributed by atoms with Crippen LogP contribution in [0.25, 0.3) is 0 Å². The minimum atomic E-state index is -3.67. The number of piperazine rings is 1. The number of carbonyl (C=O) groups excluding carboxylic acids is 1. The summed E-state index contributed by atoms with van der Waals surface area (Å²) in [4.78, 5) is 17.1. The van der Waals surface area contributed by atoms with E-state index in [1.54, 1.807) is 30.2 Å². The quantitative estimate of drug-likeness (QED) is 0.639. The van der Waals surface area contributed by atoms with E-state index < -0.39 is 10.0 Å². The zero-order chi connectivity index (χ0) is 22.7. The Morgan fingerprint density at radius 2 is 1.72 bits per heavy atom. The maximum atomic E-state index is 13.0. The van der Waals surface area contributed by atoms with Crippen molar-refractivity contribution in [3.8, 4) is 5.75 Å². The van der Waals surface area contributed by atoms with Gasteiger partial charge in [0.1, 0.15) is 10.6 Å². The third-order valence-corrected chi connectivity index (χ3v) is 8.65. The number of hydrogen-bond acceptors (Lipinski definition) is 5. The Morgan fingerprint density at radius 1 is 1.03 bits per heavy atom. The summed E-state index contributed by atoms with van der Waals surface area (Å²) in [5.41, 5.74) is 1.19. The molecule has 9 heteroatoms. The van der Waals surface area contributed by atoms with E-state index >= 15 is 0 Å². The van der Waals surface area contributed by atoms with Crippen molar-refractivity contribution in [3.05, 3.63) is 59.1 Å². The van der Waals surface area contributed by atoms with Gasteiger partial charge in [-0.15, -0.1) is 0 Å². The average molecular weight is 478 g/mol. The van der Waals surface area contributed by atoms with Gasteiger partial charge in [0.05, 0.1) is 18.7 Å². The van der Waals surface area contributed by atoms with E-state index in [4.69, 9.17) is 16.3 Å². The maximum Gasteiger partial charge on any atom is 0.244 e. The third-order valence-electron chi connectivity index (χ3n) is 6.25. The van der Waals surface area contributed by atoms with Crippen molar-refractivity contribution in [1.82, 2.24) is 14.1 Å². The molecule has 2 fully saturated rings. The summed E-state index contributed by atoms with van der Waals surface area (Å²) >= 11 is 6.10. The van der Waals surface area contributed by atoms with E-state index in [9.17, 15) is 13.2 Å². The molecule has 0 spiro atoms. The molecule has 1 amide bonds. The molecule has 1 atom stereocenters. The smallest absolute Gasteiger partial charge is 0.244 e. The second kappa shape index (κ2) is 9.79. The van der Waals surface area contributed by atoms with Crippen LogP contribution in [0.5, 0.6) is 5.75 Å². The lowest BCUT2D eigenvalue weighted by molar-refractivity contribution is -0.133. The molecule has 7 nitrogen and oxygen atoms in total. The standard InChI is InChI=1S/C23H28ClN3O4S/c1-31-19-10-8-18(9-11-19)21-6-4-12-26(21)17-23(28)25-13-15-27(16-14-25)32(29,30)22-7-3-2-5-20(22)24/h2-3,5,7-11,21H,4,6,12-17H2,1H3. The molecule has 4 rings (SSSR count). The van der Waals surface area contributed by atoms with Crippen molar-refractivity contribution in [2.75, 3.05) is 46.4 Å². The van der Waals surface area contributed by atoms with Gasteiger partial charge < -0.3 is 9.64 Å². The van der Waals surface area contributed by atoms with Crippen LogP contribution in [0.2, 0.25) is 5.02 Å². The summed E-state index contributed by atoms with van der Waals surface area (Å²) in [5.74, 6) is 0.860. The fraction of sp³-hybridized carbons (Fsp3) is 0.435. The molecule has 0 aliphatic carbocycles. The molecular weight excluding hydrogens is 450 g/mol. The van der Waals surface area contributed by atoms with Gasteiger partial charge in [0.15, 0.2) is 0 Å². The molecule has 0 N–H and O–H groups in total. The zero-order valence-electron chi connectivity index (χ0n) is 18.1. The summed E-state index contributed by atoms with van der Waals surface area (Å²) in [6, 6.07) is 14.7. The number of hydrogen-bond donors (Lipinski definition) is 0. The molecule has 0 bridgehead atoms. The van der Waals surface area contributed by atoms with Gasteiger partial charge >= 0.3 is 0 Å². The normalized spacial score (nSPS) is 20.4. The lowest BCUT2D eigenvalue weighted by atomic mass is 10.0. The fourth-order valence-corrected chi connectivity index (χ4v) is 6.38. The van der Waals surface area contributed by atoms with Crippen molar-refractivity contribution in [3.63, 3.8) is 0 Å². The first kappa shape index (κ1) is 23.0. The third kappa shape index (κ3) is 4.78. The van der Waals surface area contributed by atoms with Crippen LogP contribution >= 0.6 is 11.6 Å². The number of halogens is 1. The number of nitrogens with zero attached hydrogens (tertiary/aromatic N) is 3. The molecule has 0 saturated carbocycles. The predicted octanol–water partition coefficient (Wildman–Crippen LogP) is 3.02. The largest absolute Gasteiger partial charge is 0.497 e. The van der Waals surface area contributed by atoms with Gasteiger partial charge in [0, 0.05) is 32.2 Å². The average Bonchev–Trinajstić information content (AvgIpc) is 3.27. The summed E-state index contributed by atoms with van der Waals surface area (Å²) in [7, 11) is -2.02. The highest BCUT2D eigenvalue weighted by molar-refractivity contribution is 7.89. The van der Waals surface area contributed by atoms with Gasteiger partial charge in [0.2, 0.25) is 15.9 Å². The van der Waals surface area contributed by atoms with Crippen LogP contribution in [0.1, 0.15) is 24.4 Å². The van der Waals surface area contributed by atoms with Crippen LogP contribution in [-0.4, -0.2) is 74.8 Å². The van der Waals surface area contributed by atoms with Gasteiger partial charge in [-0.05, 0) is 49.2 Å². The second-order valence-corrected chi connectivity index (χ2v) is 10.4. The molecule has 2 heterocycles. The van der Waals surface area contributed by atoms with Gasteiger partial charge in [-0.25, -0.2) is 8.42 Å². The summed E-state index contributed by atoms with van der Waals surface area (Å²) in [5, 5.41) is 0.213. The highest BCUT2D eigenvalue weighted by Crippen LogP contribution is 2.32. The molecule has 0 aromatic heterocycles. The highest BCUT2D eigenvalue weighted by atomic mass is 35.5. The number of rotatable bonds is 6. The number of benzene rings is 2. The predicted molar refractivity (Wildman–Crippen MR) is 123 cm³/mol. The van der Waals surface area contributed by atoms with Gasteiger partial charge in [-0.3, -0.25) is 9.69 Å². The molecule has 2 aromatic carbocycles. The minimum absolute atomic E-state index is 0.0419. The van der Waals surface area contributed by atoms with E-state index in [1.807, 2.05) is 12.1 Å². The fourth-order valence-electron chi connectivity index (χ4n) is 4.46. The Morgan fingerprint density at radius 3 is 2.38 bits per heavy atom.